The zero-order valence-electron chi connectivity index (χ0n) is 16.3. The average Bonchev–Trinajstić information content (AvgIpc) is 2.89. The Morgan fingerprint density at radius 2 is 1.96 bits per heavy atom. The molecule has 0 aromatic heterocycles. The molecule has 0 bridgehead atoms. The van der Waals surface area contributed by atoms with Crippen LogP contribution in [0.4, 0.5) is 13.2 Å². The lowest BCUT2D eigenvalue weighted by Crippen LogP contribution is -2.26. The van der Waals surface area contributed by atoms with Gasteiger partial charge in [-0.15, -0.1) is 0 Å². The first-order valence-electron chi connectivity index (χ1n) is 9.40. The normalized spacial score (nSPS) is 23.3. The summed E-state index contributed by atoms with van der Waals surface area (Å²) < 4.78 is 69.4. The zero-order valence-corrected chi connectivity index (χ0v) is 17.2. The standard InChI is InChI=1S/C19H31F3O4S/c1-6-7-8-17-12-15(4)18(25-17)10-9-13(2)11-14(3)16(5)26-27(23,24)19(20,21)22/h13-14,17-18H,4-12H2,1-3H3/t13-,14+,17-,18?/m0/s1. The van der Waals surface area contributed by atoms with Gasteiger partial charge in [0.25, 0.3) is 0 Å². The van der Waals surface area contributed by atoms with Crippen LogP contribution in [0.15, 0.2) is 24.5 Å². The van der Waals surface area contributed by atoms with E-state index in [2.05, 4.69) is 24.3 Å². The SMILES string of the molecule is C=C1C[C@H](CCCC)OC1CC[C@H](C)C[C@@H](C)C(=C)OS(=O)(=O)C(F)(F)F. The highest BCUT2D eigenvalue weighted by Crippen LogP contribution is 2.33. The fourth-order valence-corrected chi connectivity index (χ4v) is 3.77. The Hall–Kier alpha value is -1.02. The summed E-state index contributed by atoms with van der Waals surface area (Å²) in [6.45, 7) is 13.2. The van der Waals surface area contributed by atoms with Crippen LogP contribution in [0.1, 0.15) is 65.7 Å². The van der Waals surface area contributed by atoms with E-state index in [0.29, 0.717) is 6.42 Å². The molecule has 0 N–H and O–H groups in total. The van der Waals surface area contributed by atoms with Gasteiger partial charge in [0, 0.05) is 5.92 Å². The number of unbranched alkanes of at least 4 members (excludes halogenated alkanes) is 1. The van der Waals surface area contributed by atoms with E-state index in [-0.39, 0.29) is 23.9 Å². The Morgan fingerprint density at radius 1 is 1.33 bits per heavy atom. The van der Waals surface area contributed by atoms with Crippen LogP contribution in [-0.4, -0.2) is 26.1 Å². The average molecular weight is 413 g/mol. The van der Waals surface area contributed by atoms with E-state index in [0.717, 1.165) is 44.1 Å². The molecule has 0 amide bonds. The number of rotatable bonds is 11. The van der Waals surface area contributed by atoms with Crippen molar-refractivity contribution in [3.05, 3.63) is 24.5 Å². The monoisotopic (exact) mass is 412 g/mol. The highest BCUT2D eigenvalue weighted by molar-refractivity contribution is 7.87. The minimum Gasteiger partial charge on any atom is -0.381 e. The summed E-state index contributed by atoms with van der Waals surface area (Å²) in [5, 5.41) is 0. The second-order valence-electron chi connectivity index (χ2n) is 7.52. The van der Waals surface area contributed by atoms with Crippen LogP contribution < -0.4 is 0 Å². The third-order valence-corrected chi connectivity index (χ3v) is 5.91. The molecule has 8 heteroatoms. The molecule has 0 aliphatic carbocycles. The Bertz CT molecular complexity index is 613. The molecule has 1 unspecified atom stereocenters. The van der Waals surface area contributed by atoms with Gasteiger partial charge in [-0.1, -0.05) is 46.8 Å². The van der Waals surface area contributed by atoms with E-state index in [4.69, 9.17) is 4.74 Å². The number of halogens is 3. The number of hydrogen-bond acceptors (Lipinski definition) is 4. The Morgan fingerprint density at radius 3 is 2.52 bits per heavy atom. The predicted octanol–water partition coefficient (Wildman–Crippen LogP) is 5.71. The second kappa shape index (κ2) is 9.96. The smallest absolute Gasteiger partial charge is 0.381 e. The summed E-state index contributed by atoms with van der Waals surface area (Å²) in [5.41, 5.74) is -4.35. The first-order chi connectivity index (χ1) is 12.4. The van der Waals surface area contributed by atoms with Crippen molar-refractivity contribution in [3.8, 4) is 0 Å². The van der Waals surface area contributed by atoms with E-state index in [1.807, 2.05) is 6.92 Å². The van der Waals surface area contributed by atoms with Crippen LogP contribution in [0.2, 0.25) is 0 Å². The highest BCUT2D eigenvalue weighted by Gasteiger charge is 2.49. The van der Waals surface area contributed by atoms with Gasteiger partial charge >= 0.3 is 15.6 Å². The minimum atomic E-state index is -5.66. The maximum atomic E-state index is 12.4. The second-order valence-corrected chi connectivity index (χ2v) is 9.06. The summed E-state index contributed by atoms with van der Waals surface area (Å²) in [6.07, 6.45) is 6.50. The van der Waals surface area contributed by atoms with Crippen molar-refractivity contribution in [2.24, 2.45) is 11.8 Å². The lowest BCUT2D eigenvalue weighted by Gasteiger charge is -2.21. The van der Waals surface area contributed by atoms with Crippen LogP contribution in [0.5, 0.6) is 0 Å². The van der Waals surface area contributed by atoms with Gasteiger partial charge in [-0.3, -0.25) is 0 Å². The molecule has 4 nitrogen and oxygen atoms in total. The first kappa shape index (κ1) is 24.0. The van der Waals surface area contributed by atoms with E-state index in [1.165, 1.54) is 0 Å². The molecule has 4 atom stereocenters. The van der Waals surface area contributed by atoms with Gasteiger partial charge in [-0.05, 0) is 43.6 Å². The molecule has 0 saturated carbocycles. The molecule has 1 aliphatic heterocycles. The summed E-state index contributed by atoms with van der Waals surface area (Å²) in [6, 6.07) is 0. The zero-order chi connectivity index (χ0) is 20.8. The highest BCUT2D eigenvalue weighted by atomic mass is 32.2. The van der Waals surface area contributed by atoms with Gasteiger partial charge in [0.2, 0.25) is 0 Å². The van der Waals surface area contributed by atoms with Gasteiger partial charge in [0.05, 0.1) is 12.2 Å². The van der Waals surface area contributed by atoms with Gasteiger partial charge in [0.1, 0.15) is 5.76 Å². The fraction of sp³-hybridized carbons (Fsp3) is 0.789. The largest absolute Gasteiger partial charge is 0.534 e. The molecule has 0 aromatic carbocycles. The molecular formula is C19H31F3O4S. The molecular weight excluding hydrogens is 381 g/mol. The summed E-state index contributed by atoms with van der Waals surface area (Å²) in [7, 11) is -5.66. The van der Waals surface area contributed by atoms with E-state index in [1.54, 1.807) is 6.92 Å². The van der Waals surface area contributed by atoms with Crippen molar-refractivity contribution < 1.29 is 30.5 Å². The van der Waals surface area contributed by atoms with Crippen LogP contribution in [-0.2, 0) is 19.0 Å². The number of ether oxygens (including phenoxy) is 1. The molecule has 0 spiro atoms. The summed E-state index contributed by atoms with van der Waals surface area (Å²) in [4.78, 5) is 0. The maximum absolute atomic E-state index is 12.4. The van der Waals surface area contributed by atoms with Crippen molar-refractivity contribution >= 4 is 10.1 Å². The molecule has 1 fully saturated rings. The molecule has 1 heterocycles. The van der Waals surface area contributed by atoms with Gasteiger partial charge < -0.3 is 8.92 Å². The Labute approximate surface area is 160 Å². The van der Waals surface area contributed by atoms with Crippen molar-refractivity contribution in [1.29, 1.82) is 0 Å². The van der Waals surface area contributed by atoms with Crippen molar-refractivity contribution in [1.82, 2.24) is 0 Å². The third kappa shape index (κ3) is 7.49. The summed E-state index contributed by atoms with van der Waals surface area (Å²) >= 11 is 0. The van der Waals surface area contributed by atoms with Gasteiger partial charge in [0.15, 0.2) is 0 Å². The Balaban J connectivity index is 2.42. The quantitative estimate of drug-likeness (QED) is 0.189. The topological polar surface area (TPSA) is 52.6 Å². The molecule has 158 valence electrons. The number of alkyl halides is 3. The van der Waals surface area contributed by atoms with Gasteiger partial charge in [-0.2, -0.15) is 21.6 Å². The van der Waals surface area contributed by atoms with Crippen molar-refractivity contribution in [2.75, 3.05) is 0 Å². The molecule has 1 aliphatic rings. The summed E-state index contributed by atoms with van der Waals surface area (Å²) in [5.74, 6) is -0.748. The maximum Gasteiger partial charge on any atom is 0.534 e. The Kier molecular flexibility index (Phi) is 8.86. The lowest BCUT2D eigenvalue weighted by atomic mass is 9.91. The lowest BCUT2D eigenvalue weighted by molar-refractivity contribution is -0.0526. The van der Waals surface area contributed by atoms with Crippen LogP contribution >= 0.6 is 0 Å². The third-order valence-electron chi connectivity index (χ3n) is 4.91. The van der Waals surface area contributed by atoms with E-state index < -0.39 is 21.5 Å². The van der Waals surface area contributed by atoms with Crippen LogP contribution in [0.25, 0.3) is 0 Å². The van der Waals surface area contributed by atoms with Crippen molar-refractivity contribution in [3.63, 3.8) is 0 Å². The van der Waals surface area contributed by atoms with E-state index in [9.17, 15) is 21.6 Å². The van der Waals surface area contributed by atoms with Crippen molar-refractivity contribution in [2.45, 2.75) is 83.4 Å². The van der Waals surface area contributed by atoms with E-state index >= 15 is 0 Å². The number of allylic oxidation sites excluding steroid dienone is 1. The molecule has 0 radical (unpaired) electrons. The molecule has 1 rings (SSSR count). The first-order valence-corrected chi connectivity index (χ1v) is 10.8. The molecule has 27 heavy (non-hydrogen) atoms. The molecule has 1 saturated heterocycles. The van der Waals surface area contributed by atoms with Crippen LogP contribution in [0, 0.1) is 11.8 Å². The van der Waals surface area contributed by atoms with Gasteiger partial charge in [-0.25, -0.2) is 0 Å². The fourth-order valence-electron chi connectivity index (χ4n) is 3.23. The number of hydrogen-bond donors (Lipinski definition) is 0. The van der Waals surface area contributed by atoms with Crippen LogP contribution in [0.3, 0.4) is 0 Å². The minimum absolute atomic E-state index is 0.0228. The molecule has 0 aromatic rings. The predicted molar refractivity (Wildman–Crippen MR) is 99.3 cm³/mol.